The smallest absolute Gasteiger partial charge is 0.124 e. The highest BCUT2D eigenvalue weighted by atomic mass is 79.9. The molecule has 2 nitrogen and oxygen atoms in total. The van der Waals surface area contributed by atoms with Gasteiger partial charge in [0, 0.05) is 17.6 Å². The molecule has 0 aliphatic carbocycles. The van der Waals surface area contributed by atoms with Crippen LogP contribution in [0.5, 0.6) is 0 Å². The summed E-state index contributed by atoms with van der Waals surface area (Å²) < 4.78 is 19.8. The van der Waals surface area contributed by atoms with Crippen LogP contribution in [-0.2, 0) is 4.74 Å². The van der Waals surface area contributed by atoms with Crippen molar-refractivity contribution in [3.05, 3.63) is 34.1 Å². The molecule has 2 rings (SSSR count). The Morgan fingerprint density at radius 3 is 3.00 bits per heavy atom. The van der Waals surface area contributed by atoms with Crippen LogP contribution < -0.4 is 5.32 Å². The van der Waals surface area contributed by atoms with Gasteiger partial charge in [0.15, 0.2) is 0 Å². The molecule has 1 aromatic carbocycles. The maximum Gasteiger partial charge on any atom is 0.124 e. The van der Waals surface area contributed by atoms with Crippen LogP contribution in [0, 0.1) is 5.82 Å². The molecule has 1 heterocycles. The molecule has 4 heteroatoms. The lowest BCUT2D eigenvalue weighted by molar-refractivity contribution is -0.0428. The quantitative estimate of drug-likeness (QED) is 0.924. The summed E-state index contributed by atoms with van der Waals surface area (Å²) in [5, 5.41) is 3.37. The zero-order valence-corrected chi connectivity index (χ0v) is 11.5. The summed E-state index contributed by atoms with van der Waals surface area (Å²) >= 11 is 3.39. The average Bonchev–Trinajstić information content (AvgIpc) is 2.29. The third-order valence-electron chi connectivity index (χ3n) is 2.98. The lowest BCUT2D eigenvalue weighted by Crippen LogP contribution is -2.40. The number of rotatable bonds is 3. The van der Waals surface area contributed by atoms with Gasteiger partial charge in [0.05, 0.1) is 12.2 Å². The second-order valence-corrected chi connectivity index (χ2v) is 5.21. The van der Waals surface area contributed by atoms with Crippen LogP contribution in [0.15, 0.2) is 22.7 Å². The molecular formula is C13H17BrFNO. The van der Waals surface area contributed by atoms with E-state index in [4.69, 9.17) is 4.74 Å². The maximum atomic E-state index is 13.0. The fraction of sp³-hybridized carbons (Fsp3) is 0.538. The Labute approximate surface area is 110 Å². The van der Waals surface area contributed by atoms with Gasteiger partial charge in [0.2, 0.25) is 0 Å². The number of morpholine rings is 1. The Morgan fingerprint density at radius 2 is 2.29 bits per heavy atom. The lowest BCUT2D eigenvalue weighted by atomic mass is 10.1. The molecule has 1 saturated heterocycles. The highest BCUT2D eigenvalue weighted by molar-refractivity contribution is 9.10. The third-order valence-corrected chi connectivity index (χ3v) is 3.67. The molecule has 0 amide bonds. The minimum absolute atomic E-state index is 0.00951. The van der Waals surface area contributed by atoms with Gasteiger partial charge in [-0.1, -0.05) is 35.3 Å². The molecule has 0 saturated carbocycles. The van der Waals surface area contributed by atoms with Crippen molar-refractivity contribution >= 4 is 15.9 Å². The third kappa shape index (κ3) is 3.27. The summed E-state index contributed by atoms with van der Waals surface area (Å²) in [5.74, 6) is -0.227. The van der Waals surface area contributed by atoms with E-state index >= 15 is 0 Å². The van der Waals surface area contributed by atoms with Gasteiger partial charge >= 0.3 is 0 Å². The van der Waals surface area contributed by atoms with Crippen LogP contribution >= 0.6 is 15.9 Å². The van der Waals surface area contributed by atoms with Crippen LogP contribution in [0.4, 0.5) is 4.39 Å². The predicted molar refractivity (Wildman–Crippen MR) is 69.5 cm³/mol. The fourth-order valence-corrected chi connectivity index (χ4v) is 2.75. The van der Waals surface area contributed by atoms with E-state index in [0.717, 1.165) is 36.0 Å². The Morgan fingerprint density at radius 1 is 1.47 bits per heavy atom. The van der Waals surface area contributed by atoms with Crippen molar-refractivity contribution in [2.45, 2.75) is 32.0 Å². The molecule has 94 valence electrons. The van der Waals surface area contributed by atoms with E-state index in [-0.39, 0.29) is 18.0 Å². The Hall–Kier alpha value is -0.450. The van der Waals surface area contributed by atoms with E-state index in [9.17, 15) is 4.39 Å². The van der Waals surface area contributed by atoms with Gasteiger partial charge in [0.1, 0.15) is 5.82 Å². The average molecular weight is 302 g/mol. The first kappa shape index (κ1) is 13.0. The van der Waals surface area contributed by atoms with Crippen molar-refractivity contribution in [3.63, 3.8) is 0 Å². The molecule has 2 unspecified atom stereocenters. The first-order valence-corrected chi connectivity index (χ1v) is 6.81. The molecule has 1 aliphatic rings. The van der Waals surface area contributed by atoms with Crippen molar-refractivity contribution in [2.75, 3.05) is 13.1 Å². The number of benzene rings is 1. The zero-order chi connectivity index (χ0) is 12.3. The van der Waals surface area contributed by atoms with Gasteiger partial charge < -0.3 is 10.1 Å². The normalized spacial score (nSPS) is 24.9. The molecule has 1 aromatic rings. The van der Waals surface area contributed by atoms with Gasteiger partial charge in [-0.05, 0) is 24.1 Å². The molecule has 1 aliphatic heterocycles. The Bertz CT molecular complexity index is 384. The highest BCUT2D eigenvalue weighted by Gasteiger charge is 2.24. The molecule has 0 bridgehead atoms. The van der Waals surface area contributed by atoms with Gasteiger partial charge in [-0.15, -0.1) is 0 Å². The first-order valence-electron chi connectivity index (χ1n) is 6.02. The standard InChI is InChI=1S/C13H17BrFNO/c1-2-3-10-7-16-8-13(17-10)11-5-4-9(15)6-12(11)14/h4-6,10,13,16H,2-3,7-8H2,1H3. The summed E-state index contributed by atoms with van der Waals surface area (Å²) in [5.41, 5.74) is 1.01. The largest absolute Gasteiger partial charge is 0.368 e. The van der Waals surface area contributed by atoms with Gasteiger partial charge in [-0.2, -0.15) is 0 Å². The van der Waals surface area contributed by atoms with Crippen LogP contribution in [0.25, 0.3) is 0 Å². The van der Waals surface area contributed by atoms with Crippen LogP contribution in [-0.4, -0.2) is 19.2 Å². The van der Waals surface area contributed by atoms with Crippen molar-refractivity contribution in [2.24, 2.45) is 0 Å². The Kier molecular flexibility index (Phi) is 4.54. The lowest BCUT2D eigenvalue weighted by Gasteiger charge is -2.31. The minimum atomic E-state index is -0.227. The van der Waals surface area contributed by atoms with Crippen LogP contribution in [0.2, 0.25) is 0 Å². The number of halogens is 2. The molecule has 0 aromatic heterocycles. The number of hydrogen-bond donors (Lipinski definition) is 1. The van der Waals surface area contributed by atoms with Crippen molar-refractivity contribution in [1.82, 2.24) is 5.32 Å². The molecule has 1 N–H and O–H groups in total. The van der Waals surface area contributed by atoms with E-state index in [1.807, 2.05) is 0 Å². The number of nitrogens with one attached hydrogen (secondary N) is 1. The molecule has 0 spiro atoms. The summed E-state index contributed by atoms with van der Waals surface area (Å²) in [4.78, 5) is 0. The van der Waals surface area contributed by atoms with E-state index in [2.05, 4.69) is 28.2 Å². The maximum absolute atomic E-state index is 13.0. The number of hydrogen-bond acceptors (Lipinski definition) is 2. The van der Waals surface area contributed by atoms with Crippen molar-refractivity contribution < 1.29 is 9.13 Å². The summed E-state index contributed by atoms with van der Waals surface area (Å²) in [6.07, 6.45) is 2.44. The topological polar surface area (TPSA) is 21.3 Å². The molecule has 2 atom stereocenters. The van der Waals surface area contributed by atoms with Crippen molar-refractivity contribution in [1.29, 1.82) is 0 Å². The monoisotopic (exact) mass is 301 g/mol. The second-order valence-electron chi connectivity index (χ2n) is 4.36. The number of ether oxygens (including phenoxy) is 1. The van der Waals surface area contributed by atoms with E-state index in [1.54, 1.807) is 6.07 Å². The fourth-order valence-electron chi connectivity index (χ4n) is 2.14. The first-order chi connectivity index (χ1) is 8.20. The summed E-state index contributed by atoms with van der Waals surface area (Å²) in [6.45, 7) is 3.84. The minimum Gasteiger partial charge on any atom is -0.368 e. The van der Waals surface area contributed by atoms with Gasteiger partial charge in [0.25, 0.3) is 0 Å². The summed E-state index contributed by atoms with van der Waals surface area (Å²) in [7, 11) is 0. The molecule has 0 radical (unpaired) electrons. The molecule has 1 fully saturated rings. The predicted octanol–water partition coefficient (Wildman–Crippen LogP) is 3.42. The molecular weight excluding hydrogens is 285 g/mol. The van der Waals surface area contributed by atoms with E-state index < -0.39 is 0 Å². The SMILES string of the molecule is CCCC1CNCC(c2ccc(F)cc2Br)O1. The summed E-state index contributed by atoms with van der Waals surface area (Å²) in [6, 6.07) is 4.76. The Balaban J connectivity index is 2.10. The zero-order valence-electron chi connectivity index (χ0n) is 9.88. The second kappa shape index (κ2) is 5.94. The van der Waals surface area contributed by atoms with Gasteiger partial charge in [-0.25, -0.2) is 4.39 Å². The van der Waals surface area contributed by atoms with Crippen molar-refractivity contribution in [3.8, 4) is 0 Å². The van der Waals surface area contributed by atoms with Crippen LogP contribution in [0.3, 0.4) is 0 Å². The highest BCUT2D eigenvalue weighted by Crippen LogP contribution is 2.29. The molecule has 17 heavy (non-hydrogen) atoms. The van der Waals surface area contributed by atoms with Gasteiger partial charge in [-0.3, -0.25) is 0 Å². The van der Waals surface area contributed by atoms with E-state index in [1.165, 1.54) is 12.1 Å². The van der Waals surface area contributed by atoms with E-state index in [0.29, 0.717) is 0 Å². The van der Waals surface area contributed by atoms with Crippen LogP contribution in [0.1, 0.15) is 31.4 Å².